The van der Waals surface area contributed by atoms with Gasteiger partial charge in [0.1, 0.15) is 5.75 Å². The molecular weight excluding hydrogens is 398 g/mol. The highest BCUT2D eigenvalue weighted by atomic mass is 79.9. The molecule has 0 bridgehead atoms. The molecule has 1 aliphatic heterocycles. The Morgan fingerprint density at radius 2 is 2.10 bits per heavy atom. The molecule has 0 radical (unpaired) electrons. The van der Waals surface area contributed by atoms with E-state index >= 15 is 0 Å². The second kappa shape index (κ2) is 8.51. The summed E-state index contributed by atoms with van der Waals surface area (Å²) in [7, 11) is 0. The van der Waals surface area contributed by atoms with Crippen LogP contribution in [0.3, 0.4) is 0 Å². The van der Waals surface area contributed by atoms with E-state index in [0.717, 1.165) is 40.6 Å². The van der Waals surface area contributed by atoms with Gasteiger partial charge in [-0.25, -0.2) is 0 Å². The van der Waals surface area contributed by atoms with E-state index < -0.39 is 0 Å². The van der Waals surface area contributed by atoms with Crippen LogP contribution in [0.1, 0.15) is 38.2 Å². The van der Waals surface area contributed by atoms with E-state index in [9.17, 15) is 0 Å². The quantitative estimate of drug-likeness (QED) is 0.663. The highest BCUT2D eigenvalue weighted by molar-refractivity contribution is 9.11. The van der Waals surface area contributed by atoms with E-state index in [2.05, 4.69) is 44.0 Å². The molecule has 2 unspecified atom stereocenters. The molecule has 2 N–H and O–H groups in total. The van der Waals surface area contributed by atoms with Gasteiger partial charge in [-0.1, -0.05) is 0 Å². The lowest BCUT2D eigenvalue weighted by molar-refractivity contribution is 0.0980. The van der Waals surface area contributed by atoms with Crippen molar-refractivity contribution in [2.24, 2.45) is 5.73 Å². The Morgan fingerprint density at radius 3 is 2.67 bits per heavy atom. The maximum absolute atomic E-state index is 5.91. The van der Waals surface area contributed by atoms with Gasteiger partial charge in [0.2, 0.25) is 0 Å². The van der Waals surface area contributed by atoms with Crippen LogP contribution in [-0.2, 0) is 11.2 Å². The number of ether oxygens (including phenoxy) is 2. The minimum absolute atomic E-state index is 0.155. The molecule has 1 heterocycles. The summed E-state index contributed by atoms with van der Waals surface area (Å²) in [5, 5.41) is 0. The van der Waals surface area contributed by atoms with Crippen LogP contribution >= 0.6 is 31.9 Å². The van der Waals surface area contributed by atoms with E-state index in [-0.39, 0.29) is 6.04 Å². The van der Waals surface area contributed by atoms with Crippen LogP contribution in [0.25, 0.3) is 0 Å². The Kier molecular flexibility index (Phi) is 6.99. The maximum Gasteiger partial charge on any atom is 0.147 e. The second-order valence-corrected chi connectivity index (χ2v) is 7.40. The summed E-state index contributed by atoms with van der Waals surface area (Å²) in [4.78, 5) is 0. The van der Waals surface area contributed by atoms with Crippen molar-refractivity contribution >= 4 is 31.9 Å². The summed E-state index contributed by atoms with van der Waals surface area (Å²) < 4.78 is 13.5. The van der Waals surface area contributed by atoms with E-state index in [0.29, 0.717) is 12.7 Å². The van der Waals surface area contributed by atoms with Gasteiger partial charge < -0.3 is 15.2 Å². The molecule has 1 fully saturated rings. The molecule has 5 heteroatoms. The van der Waals surface area contributed by atoms with Crippen LogP contribution in [0.2, 0.25) is 0 Å². The number of rotatable bonds is 7. The fraction of sp³-hybridized carbons (Fsp3) is 0.625. The van der Waals surface area contributed by atoms with Crippen molar-refractivity contribution < 1.29 is 9.47 Å². The zero-order valence-electron chi connectivity index (χ0n) is 12.4. The zero-order valence-corrected chi connectivity index (χ0v) is 15.6. The molecule has 1 aromatic carbocycles. The van der Waals surface area contributed by atoms with Gasteiger partial charge in [-0.3, -0.25) is 0 Å². The first kappa shape index (κ1) is 17.3. The summed E-state index contributed by atoms with van der Waals surface area (Å²) in [5.74, 6) is 0.871. The lowest BCUT2D eigenvalue weighted by atomic mass is 10.1. The third kappa shape index (κ3) is 5.55. The Hall–Kier alpha value is -0.100. The molecule has 1 aromatic rings. The first-order valence-electron chi connectivity index (χ1n) is 7.54. The van der Waals surface area contributed by atoms with Gasteiger partial charge >= 0.3 is 0 Å². The number of hydrogen-bond donors (Lipinski definition) is 1. The van der Waals surface area contributed by atoms with Crippen LogP contribution in [0.4, 0.5) is 0 Å². The molecule has 1 aliphatic rings. The smallest absolute Gasteiger partial charge is 0.147 e. The molecule has 3 nitrogen and oxygen atoms in total. The highest BCUT2D eigenvalue weighted by Crippen LogP contribution is 2.35. The molecule has 0 aliphatic carbocycles. The fourth-order valence-electron chi connectivity index (χ4n) is 2.60. The average Bonchev–Trinajstić information content (AvgIpc) is 2.89. The maximum atomic E-state index is 5.91. The van der Waals surface area contributed by atoms with E-state index in [1.165, 1.54) is 18.4 Å². The van der Waals surface area contributed by atoms with Crippen LogP contribution in [0.5, 0.6) is 5.75 Å². The monoisotopic (exact) mass is 419 g/mol. The minimum atomic E-state index is 0.155. The molecular formula is C16H23Br2NO2. The third-order valence-corrected chi connectivity index (χ3v) is 4.73. The lowest BCUT2D eigenvalue weighted by Crippen LogP contribution is -2.17. The fourth-order valence-corrected chi connectivity index (χ4v) is 4.11. The van der Waals surface area contributed by atoms with Crippen LogP contribution in [0, 0.1) is 0 Å². The Balaban J connectivity index is 1.84. The van der Waals surface area contributed by atoms with Crippen LogP contribution in [0.15, 0.2) is 21.1 Å². The van der Waals surface area contributed by atoms with Gasteiger partial charge in [-0.05, 0) is 88.6 Å². The second-order valence-electron chi connectivity index (χ2n) is 5.70. The number of halogens is 2. The molecule has 0 saturated carbocycles. The van der Waals surface area contributed by atoms with Crippen molar-refractivity contribution in [2.75, 3.05) is 13.2 Å². The summed E-state index contributed by atoms with van der Waals surface area (Å²) in [5.41, 5.74) is 7.05. The summed E-state index contributed by atoms with van der Waals surface area (Å²) in [6, 6.07) is 4.33. The van der Waals surface area contributed by atoms with Gasteiger partial charge in [0, 0.05) is 12.6 Å². The molecule has 0 spiro atoms. The standard InChI is InChI=1S/C16H23Br2NO2/c1-11(19)8-12-9-14(17)16(15(18)10-12)21-7-3-5-13-4-2-6-20-13/h9-11,13H,2-8,19H2,1H3. The van der Waals surface area contributed by atoms with Gasteiger partial charge in [-0.15, -0.1) is 0 Å². The summed E-state index contributed by atoms with van der Waals surface area (Å²) in [6.07, 6.45) is 5.79. The van der Waals surface area contributed by atoms with Gasteiger partial charge in [0.05, 0.1) is 21.7 Å². The molecule has 21 heavy (non-hydrogen) atoms. The van der Waals surface area contributed by atoms with Gasteiger partial charge in [0.25, 0.3) is 0 Å². The van der Waals surface area contributed by atoms with Crippen LogP contribution in [-0.4, -0.2) is 25.4 Å². The lowest BCUT2D eigenvalue weighted by Gasteiger charge is -2.14. The van der Waals surface area contributed by atoms with Crippen LogP contribution < -0.4 is 10.5 Å². The molecule has 118 valence electrons. The number of benzene rings is 1. The summed E-state index contributed by atoms with van der Waals surface area (Å²) >= 11 is 7.17. The molecule has 0 amide bonds. The molecule has 1 saturated heterocycles. The van der Waals surface area contributed by atoms with Crippen molar-refractivity contribution in [1.29, 1.82) is 0 Å². The SMILES string of the molecule is CC(N)Cc1cc(Br)c(OCCCC2CCCO2)c(Br)c1. The Labute approximate surface area is 143 Å². The van der Waals surface area contributed by atoms with Gasteiger partial charge in [-0.2, -0.15) is 0 Å². The van der Waals surface area contributed by atoms with Crippen molar-refractivity contribution in [3.05, 3.63) is 26.6 Å². The summed E-state index contributed by atoms with van der Waals surface area (Å²) in [6.45, 7) is 3.64. The minimum Gasteiger partial charge on any atom is -0.491 e. The predicted octanol–water partition coefficient (Wildman–Crippen LogP) is 4.44. The zero-order chi connectivity index (χ0) is 15.2. The molecule has 2 atom stereocenters. The topological polar surface area (TPSA) is 44.5 Å². The Bertz CT molecular complexity index is 437. The van der Waals surface area contributed by atoms with Crippen molar-refractivity contribution in [3.8, 4) is 5.75 Å². The van der Waals surface area contributed by atoms with Crippen molar-refractivity contribution in [2.45, 2.75) is 51.2 Å². The van der Waals surface area contributed by atoms with E-state index in [1.807, 2.05) is 6.92 Å². The third-order valence-electron chi connectivity index (χ3n) is 3.56. The van der Waals surface area contributed by atoms with Crippen molar-refractivity contribution in [3.63, 3.8) is 0 Å². The Morgan fingerprint density at radius 1 is 1.38 bits per heavy atom. The first-order chi connectivity index (χ1) is 10.1. The largest absolute Gasteiger partial charge is 0.491 e. The predicted molar refractivity (Wildman–Crippen MR) is 92.9 cm³/mol. The number of hydrogen-bond acceptors (Lipinski definition) is 3. The normalized spacial score (nSPS) is 19.7. The average molecular weight is 421 g/mol. The van der Waals surface area contributed by atoms with Crippen molar-refractivity contribution in [1.82, 2.24) is 0 Å². The van der Waals surface area contributed by atoms with E-state index in [1.54, 1.807) is 0 Å². The molecule has 2 rings (SSSR count). The first-order valence-corrected chi connectivity index (χ1v) is 9.12. The highest BCUT2D eigenvalue weighted by Gasteiger charge is 2.15. The number of nitrogens with two attached hydrogens (primary N) is 1. The van der Waals surface area contributed by atoms with Gasteiger partial charge in [0.15, 0.2) is 0 Å². The molecule has 0 aromatic heterocycles. The van der Waals surface area contributed by atoms with E-state index in [4.69, 9.17) is 15.2 Å².